The summed E-state index contributed by atoms with van der Waals surface area (Å²) in [5, 5.41) is 5.46. The maximum Gasteiger partial charge on any atom is 0.251 e. The Morgan fingerprint density at radius 3 is 2.24 bits per heavy atom. The normalized spacial score (nSPS) is 10.6. The highest BCUT2D eigenvalue weighted by Gasteiger charge is 2.11. The third kappa shape index (κ3) is 5.69. The van der Waals surface area contributed by atoms with Gasteiger partial charge in [0.15, 0.2) is 0 Å². The number of halogens is 1. The average molecular weight is 343 g/mol. The molecule has 0 saturated carbocycles. The van der Waals surface area contributed by atoms with E-state index in [1.165, 1.54) is 12.1 Å². The molecule has 132 valence electrons. The summed E-state index contributed by atoms with van der Waals surface area (Å²) in [7, 11) is 3.85. The van der Waals surface area contributed by atoms with E-state index in [4.69, 9.17) is 0 Å². The number of nitrogens with zero attached hydrogens (tertiary/aromatic N) is 1. The molecule has 2 aromatic carbocycles. The quantitative estimate of drug-likeness (QED) is 0.809. The summed E-state index contributed by atoms with van der Waals surface area (Å²) in [4.78, 5) is 26.3. The van der Waals surface area contributed by atoms with Gasteiger partial charge in [-0.2, -0.15) is 0 Å². The van der Waals surface area contributed by atoms with Gasteiger partial charge >= 0.3 is 0 Å². The molecular weight excluding hydrogens is 321 g/mol. The minimum absolute atomic E-state index is 0.0881. The van der Waals surface area contributed by atoms with Gasteiger partial charge in [0, 0.05) is 36.3 Å². The van der Waals surface area contributed by atoms with E-state index in [1.807, 2.05) is 19.0 Å². The Kier molecular flexibility index (Phi) is 6.65. The maximum absolute atomic E-state index is 13.6. The van der Waals surface area contributed by atoms with Crippen molar-refractivity contribution in [3.63, 3.8) is 0 Å². The van der Waals surface area contributed by atoms with Crippen LogP contribution in [0.25, 0.3) is 0 Å². The predicted octanol–water partition coefficient (Wildman–Crippen LogP) is 2.05. The molecule has 0 spiro atoms. The summed E-state index contributed by atoms with van der Waals surface area (Å²) in [6.07, 6.45) is 0. The van der Waals surface area contributed by atoms with Gasteiger partial charge in [-0.05, 0) is 38.4 Å². The van der Waals surface area contributed by atoms with Gasteiger partial charge < -0.3 is 15.5 Å². The van der Waals surface area contributed by atoms with E-state index in [1.54, 1.807) is 36.4 Å². The molecule has 0 bridgehead atoms. The Hall–Kier alpha value is -2.73. The van der Waals surface area contributed by atoms with Crippen LogP contribution < -0.4 is 10.6 Å². The summed E-state index contributed by atoms with van der Waals surface area (Å²) in [5.74, 6) is -0.950. The zero-order valence-corrected chi connectivity index (χ0v) is 14.4. The van der Waals surface area contributed by atoms with Gasteiger partial charge in [0.25, 0.3) is 11.8 Å². The van der Waals surface area contributed by atoms with E-state index in [0.29, 0.717) is 23.2 Å². The minimum atomic E-state index is -0.364. The van der Waals surface area contributed by atoms with Crippen molar-refractivity contribution in [2.75, 3.05) is 27.2 Å². The molecule has 2 amide bonds. The first-order valence-electron chi connectivity index (χ1n) is 8.02. The first kappa shape index (κ1) is 18.6. The van der Waals surface area contributed by atoms with Crippen LogP contribution in [0.15, 0.2) is 48.5 Å². The molecule has 2 rings (SSSR count). The lowest BCUT2D eigenvalue weighted by atomic mass is 10.1. The van der Waals surface area contributed by atoms with Crippen molar-refractivity contribution in [3.8, 4) is 0 Å². The molecule has 0 atom stereocenters. The molecule has 0 fully saturated rings. The lowest BCUT2D eigenvalue weighted by molar-refractivity contribution is 0.0950. The molecular formula is C19H22FN3O2. The Morgan fingerprint density at radius 2 is 1.60 bits per heavy atom. The second-order valence-electron chi connectivity index (χ2n) is 5.91. The number of benzene rings is 2. The third-order valence-electron chi connectivity index (χ3n) is 3.63. The smallest absolute Gasteiger partial charge is 0.251 e. The number of rotatable bonds is 7. The first-order chi connectivity index (χ1) is 12.0. The molecule has 0 saturated heterocycles. The lowest BCUT2D eigenvalue weighted by Gasteiger charge is -2.11. The van der Waals surface area contributed by atoms with Crippen LogP contribution in [-0.4, -0.2) is 43.9 Å². The zero-order chi connectivity index (χ0) is 18.2. The van der Waals surface area contributed by atoms with Crippen molar-refractivity contribution >= 4 is 11.8 Å². The number of carbonyl (C=O) groups excluding carboxylic acids is 2. The van der Waals surface area contributed by atoms with E-state index in [0.717, 1.165) is 6.54 Å². The number of hydrogen-bond acceptors (Lipinski definition) is 3. The maximum atomic E-state index is 13.6. The molecule has 2 N–H and O–H groups in total. The summed E-state index contributed by atoms with van der Waals surface area (Å²) < 4.78 is 13.6. The predicted molar refractivity (Wildman–Crippen MR) is 94.9 cm³/mol. The van der Waals surface area contributed by atoms with E-state index >= 15 is 0 Å². The second kappa shape index (κ2) is 8.94. The lowest BCUT2D eigenvalue weighted by Crippen LogP contribution is -2.31. The van der Waals surface area contributed by atoms with Gasteiger partial charge in [0.2, 0.25) is 0 Å². The highest BCUT2D eigenvalue weighted by Crippen LogP contribution is 2.08. The number of carbonyl (C=O) groups is 2. The van der Waals surface area contributed by atoms with Crippen molar-refractivity contribution in [1.82, 2.24) is 15.5 Å². The van der Waals surface area contributed by atoms with Crippen LogP contribution in [0.1, 0.15) is 26.3 Å². The van der Waals surface area contributed by atoms with Crippen LogP contribution in [0.3, 0.4) is 0 Å². The number of likely N-dealkylation sites (N-methyl/N-ethyl adjacent to an activating group) is 1. The largest absolute Gasteiger partial charge is 0.351 e. The number of hydrogen-bond donors (Lipinski definition) is 2. The van der Waals surface area contributed by atoms with Crippen molar-refractivity contribution in [1.29, 1.82) is 0 Å². The van der Waals surface area contributed by atoms with E-state index < -0.39 is 0 Å². The molecule has 0 aliphatic rings. The van der Waals surface area contributed by atoms with Gasteiger partial charge in [-0.1, -0.05) is 24.3 Å². The van der Waals surface area contributed by atoms with Crippen LogP contribution >= 0.6 is 0 Å². The van der Waals surface area contributed by atoms with Crippen molar-refractivity contribution in [2.24, 2.45) is 0 Å². The molecule has 0 aliphatic carbocycles. The van der Waals surface area contributed by atoms with Crippen molar-refractivity contribution < 1.29 is 14.0 Å². The standard InChI is InChI=1S/C19H22FN3O2/c1-23(2)11-10-21-18(24)14-7-5-8-15(12-14)19(25)22-13-16-6-3-4-9-17(16)20/h3-9,12H,10-11,13H2,1-2H3,(H,21,24)(H,22,25). The highest BCUT2D eigenvalue weighted by molar-refractivity contribution is 5.99. The van der Waals surface area contributed by atoms with Crippen LogP contribution in [0.2, 0.25) is 0 Å². The molecule has 6 heteroatoms. The zero-order valence-electron chi connectivity index (χ0n) is 14.4. The Balaban J connectivity index is 1.96. The van der Waals surface area contributed by atoms with Gasteiger partial charge in [-0.15, -0.1) is 0 Å². The van der Waals surface area contributed by atoms with Crippen LogP contribution in [-0.2, 0) is 6.54 Å². The van der Waals surface area contributed by atoms with Gasteiger partial charge in [-0.25, -0.2) is 4.39 Å². The Bertz CT molecular complexity index is 747. The van der Waals surface area contributed by atoms with Crippen molar-refractivity contribution in [2.45, 2.75) is 6.54 Å². The molecule has 0 aromatic heterocycles. The topological polar surface area (TPSA) is 61.4 Å². The third-order valence-corrected chi connectivity index (χ3v) is 3.63. The molecule has 0 radical (unpaired) electrons. The fourth-order valence-electron chi connectivity index (χ4n) is 2.22. The Labute approximate surface area is 146 Å². The number of amides is 2. The first-order valence-corrected chi connectivity index (χ1v) is 8.02. The van der Waals surface area contributed by atoms with E-state index in [-0.39, 0.29) is 24.2 Å². The van der Waals surface area contributed by atoms with Crippen LogP contribution in [0.4, 0.5) is 4.39 Å². The van der Waals surface area contributed by atoms with Gasteiger partial charge in [0.1, 0.15) is 5.82 Å². The fraction of sp³-hybridized carbons (Fsp3) is 0.263. The summed E-state index contributed by atoms with van der Waals surface area (Å²) >= 11 is 0. The summed E-state index contributed by atoms with van der Waals surface area (Å²) in [5.41, 5.74) is 1.18. The summed E-state index contributed by atoms with van der Waals surface area (Å²) in [6.45, 7) is 1.34. The average Bonchev–Trinajstić information content (AvgIpc) is 2.60. The minimum Gasteiger partial charge on any atom is -0.351 e. The van der Waals surface area contributed by atoms with E-state index in [2.05, 4.69) is 10.6 Å². The molecule has 0 unspecified atom stereocenters. The SMILES string of the molecule is CN(C)CCNC(=O)c1cccc(C(=O)NCc2ccccc2F)c1. The van der Waals surface area contributed by atoms with Crippen molar-refractivity contribution in [3.05, 3.63) is 71.0 Å². The molecule has 2 aromatic rings. The summed E-state index contributed by atoms with van der Waals surface area (Å²) in [6, 6.07) is 12.7. The van der Waals surface area contributed by atoms with Gasteiger partial charge in [0.05, 0.1) is 0 Å². The monoisotopic (exact) mass is 343 g/mol. The molecule has 5 nitrogen and oxygen atoms in total. The van der Waals surface area contributed by atoms with E-state index in [9.17, 15) is 14.0 Å². The second-order valence-corrected chi connectivity index (χ2v) is 5.91. The highest BCUT2D eigenvalue weighted by atomic mass is 19.1. The van der Waals surface area contributed by atoms with Crippen LogP contribution in [0.5, 0.6) is 0 Å². The molecule has 0 heterocycles. The van der Waals surface area contributed by atoms with Gasteiger partial charge in [-0.3, -0.25) is 9.59 Å². The Morgan fingerprint density at radius 1 is 0.960 bits per heavy atom. The fourth-order valence-corrected chi connectivity index (χ4v) is 2.22. The molecule has 25 heavy (non-hydrogen) atoms. The molecule has 0 aliphatic heterocycles. The number of nitrogens with one attached hydrogen (secondary N) is 2. The van der Waals surface area contributed by atoms with Crippen LogP contribution in [0, 0.1) is 5.82 Å².